The van der Waals surface area contributed by atoms with Gasteiger partial charge in [0, 0.05) is 13.6 Å². The normalized spacial score (nSPS) is 13.4. The van der Waals surface area contributed by atoms with E-state index in [2.05, 4.69) is 10.6 Å². The standard InChI is InChI=1S/C9H19N3O2/c1-6(7(13)11-4)12-5-9(2,3)8(10)14/h6,12H,5H2,1-4H3,(H2,10,14)(H,11,13). The first-order valence-electron chi connectivity index (χ1n) is 4.56. The van der Waals surface area contributed by atoms with E-state index < -0.39 is 5.41 Å². The van der Waals surface area contributed by atoms with Gasteiger partial charge < -0.3 is 16.4 Å². The molecular weight excluding hydrogens is 182 g/mol. The Balaban J connectivity index is 4.06. The van der Waals surface area contributed by atoms with E-state index in [4.69, 9.17) is 5.73 Å². The first kappa shape index (κ1) is 12.9. The van der Waals surface area contributed by atoms with Crippen molar-refractivity contribution >= 4 is 11.8 Å². The number of carbonyl (C=O) groups excluding carboxylic acids is 2. The molecule has 5 nitrogen and oxygen atoms in total. The highest BCUT2D eigenvalue weighted by Gasteiger charge is 2.25. The maximum Gasteiger partial charge on any atom is 0.236 e. The second kappa shape index (κ2) is 4.95. The van der Waals surface area contributed by atoms with Crippen LogP contribution in [0, 0.1) is 5.41 Å². The summed E-state index contributed by atoms with van der Waals surface area (Å²) in [5.74, 6) is -0.487. The van der Waals surface area contributed by atoms with Crippen LogP contribution in [0.1, 0.15) is 20.8 Å². The second-order valence-electron chi connectivity index (χ2n) is 3.96. The van der Waals surface area contributed by atoms with Crippen LogP contribution >= 0.6 is 0 Å². The molecule has 1 atom stereocenters. The number of amides is 2. The van der Waals surface area contributed by atoms with Gasteiger partial charge in [0.1, 0.15) is 0 Å². The molecule has 82 valence electrons. The molecule has 4 N–H and O–H groups in total. The fourth-order valence-electron chi connectivity index (χ4n) is 0.805. The summed E-state index contributed by atoms with van der Waals surface area (Å²) >= 11 is 0. The summed E-state index contributed by atoms with van der Waals surface area (Å²) in [7, 11) is 1.57. The van der Waals surface area contributed by atoms with Gasteiger partial charge in [-0.2, -0.15) is 0 Å². The SMILES string of the molecule is CNC(=O)C(C)NCC(C)(C)C(N)=O. The maximum absolute atomic E-state index is 11.1. The minimum absolute atomic E-state index is 0.106. The molecular formula is C9H19N3O2. The van der Waals surface area contributed by atoms with Crippen LogP contribution in [0.15, 0.2) is 0 Å². The number of hydrogen-bond donors (Lipinski definition) is 3. The maximum atomic E-state index is 11.1. The summed E-state index contributed by atoms with van der Waals surface area (Å²) in [5.41, 5.74) is 4.55. The van der Waals surface area contributed by atoms with Gasteiger partial charge in [0.2, 0.25) is 11.8 Å². The van der Waals surface area contributed by atoms with Crippen molar-refractivity contribution in [3.63, 3.8) is 0 Å². The van der Waals surface area contributed by atoms with E-state index in [0.717, 1.165) is 0 Å². The highest BCUT2D eigenvalue weighted by molar-refractivity contribution is 5.82. The smallest absolute Gasteiger partial charge is 0.236 e. The van der Waals surface area contributed by atoms with E-state index >= 15 is 0 Å². The van der Waals surface area contributed by atoms with Gasteiger partial charge in [-0.05, 0) is 20.8 Å². The number of primary amides is 1. The Bertz CT molecular complexity index is 226. The summed E-state index contributed by atoms with van der Waals surface area (Å²) in [5, 5.41) is 5.45. The number of rotatable bonds is 5. The third-order valence-electron chi connectivity index (χ3n) is 2.16. The Kier molecular flexibility index (Phi) is 4.56. The van der Waals surface area contributed by atoms with Gasteiger partial charge in [-0.25, -0.2) is 0 Å². The van der Waals surface area contributed by atoms with Crippen molar-refractivity contribution in [3.8, 4) is 0 Å². The highest BCUT2D eigenvalue weighted by Crippen LogP contribution is 2.11. The van der Waals surface area contributed by atoms with Crippen LogP contribution in [-0.4, -0.2) is 31.4 Å². The number of nitrogens with two attached hydrogens (primary N) is 1. The van der Waals surface area contributed by atoms with E-state index in [0.29, 0.717) is 6.54 Å². The van der Waals surface area contributed by atoms with E-state index in [1.54, 1.807) is 27.8 Å². The average molecular weight is 201 g/mol. The molecule has 0 saturated heterocycles. The number of carbonyl (C=O) groups is 2. The molecule has 14 heavy (non-hydrogen) atoms. The van der Waals surface area contributed by atoms with Crippen LogP contribution in [0.25, 0.3) is 0 Å². The van der Waals surface area contributed by atoms with E-state index in [-0.39, 0.29) is 17.9 Å². The lowest BCUT2D eigenvalue weighted by atomic mass is 9.92. The first-order valence-corrected chi connectivity index (χ1v) is 4.56. The fourth-order valence-corrected chi connectivity index (χ4v) is 0.805. The summed E-state index contributed by atoms with van der Waals surface area (Å²) in [6.07, 6.45) is 0. The molecule has 1 unspecified atom stereocenters. The lowest BCUT2D eigenvalue weighted by Gasteiger charge is -2.23. The zero-order valence-corrected chi connectivity index (χ0v) is 9.18. The molecule has 0 saturated carbocycles. The molecule has 5 heteroatoms. The molecule has 0 bridgehead atoms. The van der Waals surface area contributed by atoms with Crippen molar-refractivity contribution in [2.75, 3.05) is 13.6 Å². The summed E-state index contributed by atoms with van der Waals surface area (Å²) < 4.78 is 0. The van der Waals surface area contributed by atoms with Crippen LogP contribution in [0.5, 0.6) is 0 Å². The average Bonchev–Trinajstić information content (AvgIpc) is 2.12. The van der Waals surface area contributed by atoms with Crippen LogP contribution < -0.4 is 16.4 Å². The molecule has 0 aromatic rings. The molecule has 0 fully saturated rings. The Hall–Kier alpha value is -1.10. The molecule has 0 aliphatic carbocycles. The molecule has 0 aromatic carbocycles. The largest absolute Gasteiger partial charge is 0.369 e. The van der Waals surface area contributed by atoms with Crippen LogP contribution in [0.3, 0.4) is 0 Å². The summed E-state index contributed by atoms with van der Waals surface area (Å²) in [4.78, 5) is 22.1. The van der Waals surface area contributed by atoms with Crippen molar-refractivity contribution in [1.82, 2.24) is 10.6 Å². The van der Waals surface area contributed by atoms with Gasteiger partial charge in [0.05, 0.1) is 11.5 Å². The minimum Gasteiger partial charge on any atom is -0.369 e. The van der Waals surface area contributed by atoms with Crippen molar-refractivity contribution in [2.45, 2.75) is 26.8 Å². The predicted octanol–water partition coefficient (Wildman–Crippen LogP) is -0.778. The molecule has 2 amide bonds. The molecule has 0 rings (SSSR count). The number of likely N-dealkylation sites (N-methyl/N-ethyl adjacent to an activating group) is 1. The van der Waals surface area contributed by atoms with Crippen LogP contribution in [0.4, 0.5) is 0 Å². The topological polar surface area (TPSA) is 84.2 Å². The van der Waals surface area contributed by atoms with E-state index in [1.165, 1.54) is 0 Å². The highest BCUT2D eigenvalue weighted by atomic mass is 16.2. The zero-order chi connectivity index (χ0) is 11.4. The molecule has 0 spiro atoms. The number of nitrogens with one attached hydrogen (secondary N) is 2. The number of hydrogen-bond acceptors (Lipinski definition) is 3. The Morgan fingerprint density at radius 3 is 2.29 bits per heavy atom. The van der Waals surface area contributed by atoms with Crippen LogP contribution in [-0.2, 0) is 9.59 Å². The van der Waals surface area contributed by atoms with Crippen molar-refractivity contribution in [3.05, 3.63) is 0 Å². The van der Waals surface area contributed by atoms with Gasteiger partial charge in [-0.15, -0.1) is 0 Å². The van der Waals surface area contributed by atoms with Crippen molar-refractivity contribution < 1.29 is 9.59 Å². The lowest BCUT2D eigenvalue weighted by Crippen LogP contribution is -2.47. The van der Waals surface area contributed by atoms with E-state index in [1.807, 2.05) is 0 Å². The van der Waals surface area contributed by atoms with Gasteiger partial charge in [0.25, 0.3) is 0 Å². The molecule has 0 aliphatic heterocycles. The minimum atomic E-state index is -0.637. The molecule has 0 heterocycles. The monoisotopic (exact) mass is 201 g/mol. The predicted molar refractivity (Wildman–Crippen MR) is 54.5 cm³/mol. The lowest BCUT2D eigenvalue weighted by molar-refractivity contribution is -0.127. The third-order valence-corrected chi connectivity index (χ3v) is 2.16. The molecule has 0 radical (unpaired) electrons. The van der Waals surface area contributed by atoms with Crippen molar-refractivity contribution in [2.24, 2.45) is 11.1 Å². The van der Waals surface area contributed by atoms with E-state index in [9.17, 15) is 9.59 Å². The summed E-state index contributed by atoms with van der Waals surface area (Å²) in [6, 6.07) is -0.321. The second-order valence-corrected chi connectivity index (χ2v) is 3.96. The first-order chi connectivity index (χ1) is 6.31. The quantitative estimate of drug-likeness (QED) is 0.545. The fraction of sp³-hybridized carbons (Fsp3) is 0.778. The van der Waals surface area contributed by atoms with Crippen molar-refractivity contribution in [1.29, 1.82) is 0 Å². The van der Waals surface area contributed by atoms with Gasteiger partial charge in [-0.3, -0.25) is 9.59 Å². The molecule has 0 aromatic heterocycles. The summed E-state index contributed by atoms with van der Waals surface area (Å²) in [6.45, 7) is 5.59. The Morgan fingerprint density at radius 1 is 1.43 bits per heavy atom. The zero-order valence-electron chi connectivity index (χ0n) is 9.18. The molecule has 0 aliphatic rings. The van der Waals surface area contributed by atoms with Crippen LogP contribution in [0.2, 0.25) is 0 Å². The third kappa shape index (κ3) is 3.74. The Labute approximate surface area is 84.4 Å². The van der Waals surface area contributed by atoms with Gasteiger partial charge in [-0.1, -0.05) is 0 Å². The van der Waals surface area contributed by atoms with Gasteiger partial charge >= 0.3 is 0 Å². The van der Waals surface area contributed by atoms with Gasteiger partial charge in [0.15, 0.2) is 0 Å². The Morgan fingerprint density at radius 2 is 1.93 bits per heavy atom.